The Morgan fingerprint density at radius 3 is 3.00 bits per heavy atom. The van der Waals surface area contributed by atoms with Crippen molar-refractivity contribution in [3.63, 3.8) is 0 Å². The quantitative estimate of drug-likeness (QED) is 0.847. The summed E-state index contributed by atoms with van der Waals surface area (Å²) in [5.41, 5.74) is 7.76. The van der Waals surface area contributed by atoms with E-state index in [-0.39, 0.29) is 0 Å². The lowest BCUT2D eigenvalue weighted by Gasteiger charge is -2.32. The Kier molecular flexibility index (Phi) is 5.69. The fraction of sp³-hybridized carbons (Fsp3) is 0.533. The van der Waals surface area contributed by atoms with Crippen molar-refractivity contribution in [3.8, 4) is 5.75 Å². The van der Waals surface area contributed by atoms with E-state index < -0.39 is 0 Å². The average molecular weight is 310 g/mol. The lowest BCUT2D eigenvalue weighted by Crippen LogP contribution is -2.37. The third-order valence-corrected chi connectivity index (χ3v) is 5.21. The maximum absolute atomic E-state index is 5.70. The van der Waals surface area contributed by atoms with Gasteiger partial charge in [0, 0.05) is 30.6 Å². The number of thioether (sulfide) groups is 1. The molecule has 5 heteroatoms. The van der Waals surface area contributed by atoms with Crippen LogP contribution in [0, 0.1) is 0 Å². The van der Waals surface area contributed by atoms with Crippen molar-refractivity contribution in [2.75, 3.05) is 26.0 Å². The Labute approximate surface area is 130 Å². The molecule has 0 amide bonds. The molecule has 0 radical (unpaired) electrons. The van der Waals surface area contributed by atoms with Gasteiger partial charge < -0.3 is 10.5 Å². The molecular weight excluding hydrogens is 288 g/mol. The Hall–Kier alpha value is -0.780. The third-order valence-electron chi connectivity index (χ3n) is 3.62. The minimum atomic E-state index is 0.383. The van der Waals surface area contributed by atoms with Gasteiger partial charge in [0.2, 0.25) is 0 Å². The van der Waals surface area contributed by atoms with Gasteiger partial charge in [-0.15, -0.1) is 0 Å². The standard InChI is InChI=1S/C15H22N2OS2/c1-3-12-10-17(6-7-20-12)9-11-4-5-13(15(16)19)14(8-11)18-2/h4-5,8,12H,3,6-7,9-10H2,1-2H3,(H2,16,19). The van der Waals surface area contributed by atoms with Crippen LogP contribution in [0.15, 0.2) is 18.2 Å². The molecule has 3 nitrogen and oxygen atoms in total. The van der Waals surface area contributed by atoms with Crippen LogP contribution in [0.25, 0.3) is 0 Å². The second kappa shape index (κ2) is 7.29. The molecule has 1 saturated heterocycles. The molecule has 0 spiro atoms. The summed E-state index contributed by atoms with van der Waals surface area (Å²) in [6.07, 6.45) is 1.24. The Morgan fingerprint density at radius 1 is 1.55 bits per heavy atom. The zero-order chi connectivity index (χ0) is 14.5. The van der Waals surface area contributed by atoms with E-state index in [1.54, 1.807) is 7.11 Å². The van der Waals surface area contributed by atoms with Crippen LogP contribution in [0.5, 0.6) is 5.75 Å². The number of nitrogens with two attached hydrogens (primary N) is 1. The second-order valence-corrected chi connectivity index (χ2v) is 6.88. The monoisotopic (exact) mass is 310 g/mol. The number of nitrogens with zero attached hydrogens (tertiary/aromatic N) is 1. The van der Waals surface area contributed by atoms with Crippen LogP contribution in [-0.2, 0) is 6.54 Å². The molecule has 0 bridgehead atoms. The summed E-state index contributed by atoms with van der Waals surface area (Å²) in [6.45, 7) is 5.55. The highest BCUT2D eigenvalue weighted by molar-refractivity contribution is 8.00. The molecule has 2 rings (SSSR count). The lowest BCUT2D eigenvalue weighted by molar-refractivity contribution is 0.272. The topological polar surface area (TPSA) is 38.5 Å². The molecule has 0 saturated carbocycles. The number of methoxy groups -OCH3 is 1. The second-order valence-electron chi connectivity index (χ2n) is 5.04. The van der Waals surface area contributed by atoms with Crippen molar-refractivity contribution in [2.45, 2.75) is 25.1 Å². The molecule has 1 aromatic rings. The number of rotatable bonds is 5. The molecule has 0 aromatic heterocycles. The van der Waals surface area contributed by atoms with Gasteiger partial charge in [-0.3, -0.25) is 4.90 Å². The first-order chi connectivity index (χ1) is 9.63. The molecule has 0 aliphatic carbocycles. The summed E-state index contributed by atoms with van der Waals surface area (Å²) in [6, 6.07) is 6.11. The van der Waals surface area contributed by atoms with Crippen LogP contribution in [0.3, 0.4) is 0 Å². The summed E-state index contributed by atoms with van der Waals surface area (Å²) in [5, 5.41) is 0.765. The fourth-order valence-electron chi connectivity index (χ4n) is 2.47. The normalized spacial score (nSPS) is 19.8. The van der Waals surface area contributed by atoms with E-state index in [4.69, 9.17) is 22.7 Å². The highest BCUT2D eigenvalue weighted by atomic mass is 32.2. The van der Waals surface area contributed by atoms with E-state index in [2.05, 4.69) is 35.7 Å². The van der Waals surface area contributed by atoms with E-state index in [1.807, 2.05) is 6.07 Å². The summed E-state index contributed by atoms with van der Waals surface area (Å²) in [4.78, 5) is 2.90. The first-order valence-electron chi connectivity index (χ1n) is 6.94. The van der Waals surface area contributed by atoms with Gasteiger partial charge in [-0.05, 0) is 24.1 Å². The smallest absolute Gasteiger partial charge is 0.129 e. The molecular formula is C15H22N2OS2. The highest BCUT2D eigenvalue weighted by Crippen LogP contribution is 2.25. The molecule has 2 N–H and O–H groups in total. The number of thiocarbonyl (C=S) groups is 1. The minimum Gasteiger partial charge on any atom is -0.496 e. The van der Waals surface area contributed by atoms with Gasteiger partial charge in [0.15, 0.2) is 0 Å². The molecule has 110 valence electrons. The summed E-state index contributed by atoms with van der Waals surface area (Å²) in [7, 11) is 1.66. The zero-order valence-electron chi connectivity index (χ0n) is 12.1. The van der Waals surface area contributed by atoms with Gasteiger partial charge in [-0.25, -0.2) is 0 Å². The molecule has 1 unspecified atom stereocenters. The predicted octanol–water partition coefficient (Wildman–Crippen LogP) is 2.66. The van der Waals surface area contributed by atoms with Gasteiger partial charge in [0.25, 0.3) is 0 Å². The van der Waals surface area contributed by atoms with E-state index in [0.29, 0.717) is 4.99 Å². The number of ether oxygens (including phenoxy) is 1. The van der Waals surface area contributed by atoms with E-state index >= 15 is 0 Å². The van der Waals surface area contributed by atoms with E-state index in [1.165, 1.54) is 24.3 Å². The van der Waals surface area contributed by atoms with Gasteiger partial charge >= 0.3 is 0 Å². The van der Waals surface area contributed by atoms with Crippen molar-refractivity contribution in [1.82, 2.24) is 4.90 Å². The maximum atomic E-state index is 5.70. The average Bonchev–Trinajstić information content (AvgIpc) is 2.47. The molecule has 1 aliphatic heterocycles. The maximum Gasteiger partial charge on any atom is 0.129 e. The third kappa shape index (κ3) is 3.87. The first kappa shape index (κ1) is 15.6. The molecule has 1 aliphatic rings. The molecule has 1 atom stereocenters. The van der Waals surface area contributed by atoms with Crippen LogP contribution in [0.2, 0.25) is 0 Å². The van der Waals surface area contributed by atoms with Gasteiger partial charge in [0.1, 0.15) is 10.7 Å². The summed E-state index contributed by atoms with van der Waals surface area (Å²) < 4.78 is 5.39. The molecule has 1 heterocycles. The van der Waals surface area contributed by atoms with Crippen LogP contribution in [0.4, 0.5) is 0 Å². The van der Waals surface area contributed by atoms with Crippen molar-refractivity contribution in [1.29, 1.82) is 0 Å². The number of hydrogen-bond donors (Lipinski definition) is 1. The van der Waals surface area contributed by atoms with E-state index in [0.717, 1.165) is 29.7 Å². The van der Waals surface area contributed by atoms with Crippen molar-refractivity contribution >= 4 is 29.0 Å². The Balaban J connectivity index is 2.07. The van der Waals surface area contributed by atoms with Crippen molar-refractivity contribution in [2.24, 2.45) is 5.73 Å². The number of benzene rings is 1. The highest BCUT2D eigenvalue weighted by Gasteiger charge is 2.19. The predicted molar refractivity (Wildman–Crippen MR) is 90.7 cm³/mol. The van der Waals surface area contributed by atoms with Gasteiger partial charge in [-0.1, -0.05) is 25.2 Å². The van der Waals surface area contributed by atoms with Crippen LogP contribution in [0.1, 0.15) is 24.5 Å². The van der Waals surface area contributed by atoms with Crippen LogP contribution in [-0.4, -0.2) is 41.1 Å². The van der Waals surface area contributed by atoms with Crippen molar-refractivity contribution in [3.05, 3.63) is 29.3 Å². The SMILES string of the molecule is CCC1CN(Cc2ccc(C(N)=S)c(OC)c2)CCS1. The summed E-state index contributed by atoms with van der Waals surface area (Å²) >= 11 is 7.13. The Bertz CT molecular complexity index is 479. The van der Waals surface area contributed by atoms with Gasteiger partial charge in [0.05, 0.1) is 12.7 Å². The zero-order valence-corrected chi connectivity index (χ0v) is 13.7. The van der Waals surface area contributed by atoms with Crippen LogP contribution < -0.4 is 10.5 Å². The molecule has 1 aromatic carbocycles. The van der Waals surface area contributed by atoms with Gasteiger partial charge in [-0.2, -0.15) is 11.8 Å². The molecule has 20 heavy (non-hydrogen) atoms. The van der Waals surface area contributed by atoms with E-state index in [9.17, 15) is 0 Å². The Morgan fingerprint density at radius 2 is 2.35 bits per heavy atom. The summed E-state index contributed by atoms with van der Waals surface area (Å²) in [5.74, 6) is 1.99. The molecule has 1 fully saturated rings. The van der Waals surface area contributed by atoms with Crippen LogP contribution >= 0.6 is 24.0 Å². The lowest BCUT2D eigenvalue weighted by atomic mass is 10.1. The van der Waals surface area contributed by atoms with Crippen molar-refractivity contribution < 1.29 is 4.74 Å². The number of hydrogen-bond acceptors (Lipinski definition) is 4. The first-order valence-corrected chi connectivity index (χ1v) is 8.40. The fourth-order valence-corrected chi connectivity index (χ4v) is 3.88. The minimum absolute atomic E-state index is 0.383. The largest absolute Gasteiger partial charge is 0.496 e.